The Bertz CT molecular complexity index is 853. The first-order valence-electron chi connectivity index (χ1n) is 12.4. The van der Waals surface area contributed by atoms with Gasteiger partial charge in [0.25, 0.3) is 0 Å². The first-order chi connectivity index (χ1) is 14.9. The van der Waals surface area contributed by atoms with Gasteiger partial charge in [0.05, 0.1) is 25.0 Å². The number of aliphatic hydroxyl groups is 2. The van der Waals surface area contributed by atoms with Crippen LogP contribution in [0.4, 0.5) is 0 Å². The van der Waals surface area contributed by atoms with Crippen LogP contribution in [0.3, 0.4) is 0 Å². The Morgan fingerprint density at radius 3 is 2.81 bits per heavy atom. The summed E-state index contributed by atoms with van der Waals surface area (Å²) in [6.45, 7) is 7.25. The lowest BCUT2D eigenvalue weighted by atomic mass is 9.47. The smallest absolute Gasteiger partial charge is 0.143 e. The van der Waals surface area contributed by atoms with Crippen molar-refractivity contribution < 1.29 is 14.9 Å². The maximum Gasteiger partial charge on any atom is 0.143 e. The topological polar surface area (TPSA) is 62.6 Å². The Hall–Kier alpha value is -1.39. The van der Waals surface area contributed by atoms with Gasteiger partial charge in [0.1, 0.15) is 5.75 Å². The van der Waals surface area contributed by atoms with Crippen LogP contribution in [-0.2, 0) is 6.61 Å². The maximum atomic E-state index is 10.2. The highest BCUT2D eigenvalue weighted by molar-refractivity contribution is 5.29. The monoisotopic (exact) mass is 425 g/mol. The van der Waals surface area contributed by atoms with Crippen LogP contribution in [0.15, 0.2) is 30.1 Å². The van der Waals surface area contributed by atoms with E-state index in [1.54, 1.807) is 18.0 Å². The van der Waals surface area contributed by atoms with Crippen LogP contribution in [0.2, 0.25) is 0 Å². The van der Waals surface area contributed by atoms with E-state index in [1.165, 1.54) is 32.1 Å². The van der Waals surface area contributed by atoms with Gasteiger partial charge >= 0.3 is 0 Å². The number of nitrogens with zero attached hydrogens (tertiary/aromatic N) is 1. The van der Waals surface area contributed by atoms with Crippen molar-refractivity contribution in [2.45, 2.75) is 91.0 Å². The molecule has 0 amide bonds. The van der Waals surface area contributed by atoms with E-state index < -0.39 is 0 Å². The predicted molar refractivity (Wildman–Crippen MR) is 121 cm³/mol. The third-order valence-corrected chi connectivity index (χ3v) is 10.1. The van der Waals surface area contributed by atoms with Crippen LogP contribution in [0.25, 0.3) is 0 Å². The Kier molecular flexibility index (Phi) is 5.45. The van der Waals surface area contributed by atoms with Gasteiger partial charge in [-0.25, -0.2) is 0 Å². The van der Waals surface area contributed by atoms with Crippen LogP contribution in [0, 0.1) is 34.5 Å². The van der Waals surface area contributed by atoms with Gasteiger partial charge in [-0.3, -0.25) is 4.98 Å². The molecule has 0 radical (unpaired) electrons. The largest absolute Gasteiger partial charge is 0.488 e. The highest BCUT2D eigenvalue weighted by Crippen LogP contribution is 2.66. The van der Waals surface area contributed by atoms with Crippen molar-refractivity contribution in [3.8, 4) is 5.75 Å². The molecule has 5 rings (SSSR count). The molecular weight excluding hydrogens is 386 g/mol. The van der Waals surface area contributed by atoms with Crippen LogP contribution < -0.4 is 4.74 Å². The second-order valence-corrected chi connectivity index (χ2v) is 11.3. The van der Waals surface area contributed by atoms with Crippen molar-refractivity contribution in [2.24, 2.45) is 34.5 Å². The highest BCUT2D eigenvalue weighted by atomic mass is 16.5. The Morgan fingerprint density at radius 1 is 1.16 bits per heavy atom. The number of aliphatic hydroxyl groups excluding tert-OH is 2. The molecule has 4 nitrogen and oxygen atoms in total. The average Bonchev–Trinajstić information content (AvgIpc) is 3.12. The summed E-state index contributed by atoms with van der Waals surface area (Å²) in [4.78, 5) is 4.22. The number of rotatable bonds is 4. The molecule has 0 spiro atoms. The molecule has 0 aliphatic heterocycles. The lowest BCUT2D eigenvalue weighted by Gasteiger charge is -2.58. The van der Waals surface area contributed by atoms with Gasteiger partial charge in [-0.1, -0.05) is 25.5 Å². The van der Waals surface area contributed by atoms with Gasteiger partial charge < -0.3 is 14.9 Å². The van der Waals surface area contributed by atoms with E-state index in [-0.39, 0.29) is 18.8 Å². The fourth-order valence-corrected chi connectivity index (χ4v) is 8.38. The number of hydrogen-bond acceptors (Lipinski definition) is 4. The summed E-state index contributed by atoms with van der Waals surface area (Å²) in [6, 6.07) is 1.85. The van der Waals surface area contributed by atoms with Gasteiger partial charge in [0.2, 0.25) is 0 Å². The van der Waals surface area contributed by atoms with Crippen LogP contribution in [0.1, 0.15) is 77.7 Å². The maximum absolute atomic E-state index is 10.2. The Balaban J connectivity index is 1.36. The number of hydrogen-bond donors (Lipinski definition) is 2. The first kappa shape index (κ1) is 21.5. The molecule has 31 heavy (non-hydrogen) atoms. The molecule has 2 N–H and O–H groups in total. The molecule has 0 saturated heterocycles. The van der Waals surface area contributed by atoms with Crippen molar-refractivity contribution >= 4 is 0 Å². The van der Waals surface area contributed by atoms with Gasteiger partial charge in [-0.15, -0.1) is 0 Å². The van der Waals surface area contributed by atoms with E-state index in [4.69, 9.17) is 4.74 Å². The van der Waals surface area contributed by atoms with Crippen molar-refractivity contribution in [1.29, 1.82) is 0 Å². The van der Waals surface area contributed by atoms with Gasteiger partial charge in [0.15, 0.2) is 0 Å². The lowest BCUT2D eigenvalue weighted by molar-refractivity contribution is -0.0644. The summed E-state index contributed by atoms with van der Waals surface area (Å²) < 4.78 is 6.43. The van der Waals surface area contributed by atoms with Gasteiger partial charge in [-0.05, 0) is 92.9 Å². The number of ether oxygens (including phenoxy) is 1. The van der Waals surface area contributed by atoms with E-state index in [9.17, 15) is 10.2 Å². The molecule has 4 aliphatic carbocycles. The Labute approximate surface area is 187 Å². The normalized spacial score (nSPS) is 42.7. The third kappa shape index (κ3) is 3.36. The third-order valence-electron chi connectivity index (χ3n) is 10.1. The summed E-state index contributed by atoms with van der Waals surface area (Å²) >= 11 is 0. The summed E-state index contributed by atoms with van der Waals surface area (Å²) in [5.74, 6) is 3.57. The summed E-state index contributed by atoms with van der Waals surface area (Å²) in [7, 11) is 0. The SMILES string of the molecule is CC(Oc1cnccc1CO)[C@H]1CC[C@H]2[C@@H]3CC=C4C[C@@H](O)CC[C@]4(C)[C@H]3CC[C@]12C. The van der Waals surface area contributed by atoms with Crippen LogP contribution in [-0.4, -0.2) is 27.4 Å². The zero-order chi connectivity index (χ0) is 21.8. The molecule has 1 unspecified atom stereocenters. The average molecular weight is 426 g/mol. The minimum atomic E-state index is -0.130. The molecule has 1 aromatic heterocycles. The number of aromatic nitrogens is 1. The summed E-state index contributed by atoms with van der Waals surface area (Å²) in [5, 5.41) is 19.9. The van der Waals surface area contributed by atoms with E-state index in [0.29, 0.717) is 16.7 Å². The minimum absolute atomic E-state index is 0.0131. The van der Waals surface area contributed by atoms with Gasteiger partial charge in [-0.2, -0.15) is 0 Å². The number of pyridine rings is 1. The summed E-state index contributed by atoms with van der Waals surface area (Å²) in [6.07, 6.45) is 15.3. The van der Waals surface area contributed by atoms with E-state index in [2.05, 4.69) is 31.8 Å². The van der Waals surface area contributed by atoms with Crippen molar-refractivity contribution in [2.75, 3.05) is 0 Å². The molecular formula is C27H39NO3. The quantitative estimate of drug-likeness (QED) is 0.644. The fourth-order valence-electron chi connectivity index (χ4n) is 8.38. The molecule has 8 atom stereocenters. The molecule has 0 bridgehead atoms. The number of fused-ring (bicyclic) bond motifs is 5. The van der Waals surface area contributed by atoms with Crippen LogP contribution >= 0.6 is 0 Å². The second-order valence-electron chi connectivity index (χ2n) is 11.3. The molecule has 170 valence electrons. The van der Waals surface area contributed by atoms with Crippen molar-refractivity contribution in [1.82, 2.24) is 4.98 Å². The Morgan fingerprint density at radius 2 is 2.00 bits per heavy atom. The molecule has 1 heterocycles. The first-order valence-corrected chi connectivity index (χ1v) is 12.4. The summed E-state index contributed by atoms with van der Waals surface area (Å²) in [5.41, 5.74) is 2.99. The van der Waals surface area contributed by atoms with Crippen molar-refractivity contribution in [3.05, 3.63) is 35.7 Å². The molecule has 3 saturated carbocycles. The molecule has 0 aromatic carbocycles. The zero-order valence-electron chi connectivity index (χ0n) is 19.4. The predicted octanol–water partition coefficient (Wildman–Crippen LogP) is 5.28. The standard InChI is InChI=1S/C27H39NO3/c1-17(31-25-15-28-13-10-18(25)16-29)22-6-7-23-21-5-4-19-14-20(30)8-11-26(19,2)24(21)9-12-27(22,23)3/h4,10,13,15,17,20-24,29-30H,5-9,11-12,14,16H2,1-3H3/t17?,20-,21-,22+,23-,24-,26-,27+/m0/s1. The molecule has 4 heteroatoms. The van der Waals surface area contributed by atoms with E-state index in [0.717, 1.165) is 48.3 Å². The number of allylic oxidation sites excluding steroid dienone is 1. The lowest BCUT2D eigenvalue weighted by Crippen LogP contribution is -2.51. The second kappa shape index (κ2) is 7.88. The van der Waals surface area contributed by atoms with E-state index in [1.807, 2.05) is 6.07 Å². The van der Waals surface area contributed by atoms with E-state index >= 15 is 0 Å². The zero-order valence-corrected chi connectivity index (χ0v) is 19.4. The fraction of sp³-hybridized carbons (Fsp3) is 0.741. The van der Waals surface area contributed by atoms with Gasteiger partial charge in [0, 0.05) is 17.7 Å². The van der Waals surface area contributed by atoms with Crippen LogP contribution in [0.5, 0.6) is 5.75 Å². The molecule has 3 fully saturated rings. The highest BCUT2D eigenvalue weighted by Gasteiger charge is 2.59. The molecule has 4 aliphatic rings. The minimum Gasteiger partial charge on any atom is -0.488 e. The molecule has 1 aromatic rings. The van der Waals surface area contributed by atoms with Crippen molar-refractivity contribution in [3.63, 3.8) is 0 Å².